The number of carbonyl (C=O) groups excluding carboxylic acids is 1. The molecule has 1 aliphatic carbocycles. The monoisotopic (exact) mass is 258 g/mol. The van der Waals surface area contributed by atoms with Gasteiger partial charge in [-0.15, -0.1) is 11.3 Å². The number of rotatable bonds is 3. The largest absolute Gasteiger partial charge is 0.302 e. The summed E-state index contributed by atoms with van der Waals surface area (Å²) in [6, 6.07) is 9.98. The van der Waals surface area contributed by atoms with Gasteiger partial charge in [-0.1, -0.05) is 37.3 Å². The molecule has 18 heavy (non-hydrogen) atoms. The van der Waals surface area contributed by atoms with Crippen LogP contribution in [-0.4, -0.2) is 10.9 Å². The van der Waals surface area contributed by atoms with Gasteiger partial charge in [-0.2, -0.15) is 0 Å². The highest BCUT2D eigenvalue weighted by atomic mass is 32.1. The van der Waals surface area contributed by atoms with Crippen molar-refractivity contribution in [1.29, 1.82) is 0 Å². The average Bonchev–Trinajstić information content (AvgIpc) is 2.95. The molecule has 1 aromatic heterocycles. The molecular weight excluding hydrogens is 244 g/mol. The van der Waals surface area contributed by atoms with Crippen molar-refractivity contribution in [2.24, 2.45) is 11.8 Å². The van der Waals surface area contributed by atoms with Crippen LogP contribution in [0, 0.1) is 11.8 Å². The van der Waals surface area contributed by atoms with Crippen LogP contribution in [0.2, 0.25) is 0 Å². The molecule has 3 nitrogen and oxygen atoms in total. The second-order valence-electron chi connectivity index (χ2n) is 4.71. The maximum atomic E-state index is 11.8. The fourth-order valence-corrected chi connectivity index (χ4v) is 2.68. The number of carbonyl (C=O) groups is 1. The van der Waals surface area contributed by atoms with Crippen LogP contribution in [0.5, 0.6) is 0 Å². The van der Waals surface area contributed by atoms with Crippen LogP contribution in [0.1, 0.15) is 13.3 Å². The standard InChI is InChI=1S/C14H14N2OS/c1-9-7-11(9)13(17)16-14-15-12(8-18-14)10-5-3-2-4-6-10/h2-6,8-9,11H,7H2,1H3,(H,15,16,17)/t9-,11+/m0/s1. The summed E-state index contributed by atoms with van der Waals surface area (Å²) in [5.74, 6) is 0.823. The van der Waals surface area contributed by atoms with Crippen molar-refractivity contribution in [3.8, 4) is 11.3 Å². The number of benzene rings is 1. The van der Waals surface area contributed by atoms with Crippen LogP contribution in [0.25, 0.3) is 11.3 Å². The molecule has 4 heteroatoms. The molecule has 1 amide bonds. The molecular formula is C14H14N2OS. The molecule has 1 heterocycles. The Morgan fingerprint density at radius 3 is 2.78 bits per heavy atom. The number of amides is 1. The van der Waals surface area contributed by atoms with Gasteiger partial charge in [0.2, 0.25) is 5.91 Å². The second kappa shape index (κ2) is 4.53. The number of thiazole rings is 1. The fourth-order valence-electron chi connectivity index (χ4n) is 1.96. The molecule has 1 aromatic carbocycles. The van der Waals surface area contributed by atoms with Crippen molar-refractivity contribution >= 4 is 22.4 Å². The predicted molar refractivity (Wildman–Crippen MR) is 73.5 cm³/mol. The van der Waals surface area contributed by atoms with Crippen molar-refractivity contribution in [1.82, 2.24) is 4.98 Å². The Kier molecular flexibility index (Phi) is 2.88. The molecule has 0 radical (unpaired) electrons. The summed E-state index contributed by atoms with van der Waals surface area (Å²) in [6.45, 7) is 2.10. The van der Waals surface area contributed by atoms with Gasteiger partial charge >= 0.3 is 0 Å². The van der Waals surface area contributed by atoms with E-state index < -0.39 is 0 Å². The van der Waals surface area contributed by atoms with Gasteiger partial charge in [-0.3, -0.25) is 4.79 Å². The van der Waals surface area contributed by atoms with Crippen LogP contribution in [-0.2, 0) is 4.79 Å². The Balaban J connectivity index is 1.72. The van der Waals surface area contributed by atoms with E-state index in [0.717, 1.165) is 17.7 Å². The molecule has 0 unspecified atom stereocenters. The third kappa shape index (κ3) is 2.29. The zero-order valence-electron chi connectivity index (χ0n) is 10.1. The molecule has 3 rings (SSSR count). The van der Waals surface area contributed by atoms with Gasteiger partial charge in [-0.25, -0.2) is 4.98 Å². The third-order valence-corrected chi connectivity index (χ3v) is 4.01. The SMILES string of the molecule is C[C@H]1C[C@H]1C(=O)Nc1nc(-c2ccccc2)cs1. The molecule has 0 bridgehead atoms. The van der Waals surface area contributed by atoms with E-state index in [4.69, 9.17) is 0 Å². The van der Waals surface area contributed by atoms with Crippen LogP contribution in [0.15, 0.2) is 35.7 Å². The molecule has 1 fully saturated rings. The van der Waals surface area contributed by atoms with E-state index in [1.165, 1.54) is 11.3 Å². The van der Waals surface area contributed by atoms with Gasteiger partial charge in [0, 0.05) is 16.9 Å². The van der Waals surface area contributed by atoms with Gasteiger partial charge in [0.15, 0.2) is 5.13 Å². The average molecular weight is 258 g/mol. The van der Waals surface area contributed by atoms with Gasteiger partial charge in [0.05, 0.1) is 5.69 Å². The number of hydrogen-bond donors (Lipinski definition) is 1. The number of nitrogens with zero attached hydrogens (tertiary/aromatic N) is 1. The minimum absolute atomic E-state index is 0.108. The second-order valence-corrected chi connectivity index (χ2v) is 5.57. The number of anilines is 1. The van der Waals surface area contributed by atoms with Crippen molar-refractivity contribution in [2.75, 3.05) is 5.32 Å². The minimum Gasteiger partial charge on any atom is -0.302 e. The lowest BCUT2D eigenvalue weighted by Crippen LogP contribution is -2.14. The van der Waals surface area contributed by atoms with E-state index in [9.17, 15) is 4.79 Å². The lowest BCUT2D eigenvalue weighted by atomic mass is 10.2. The summed E-state index contributed by atoms with van der Waals surface area (Å²) in [7, 11) is 0. The maximum Gasteiger partial charge on any atom is 0.229 e. The van der Waals surface area contributed by atoms with Gasteiger partial charge in [0.25, 0.3) is 0 Å². The van der Waals surface area contributed by atoms with Crippen LogP contribution in [0.4, 0.5) is 5.13 Å². The van der Waals surface area contributed by atoms with E-state index in [0.29, 0.717) is 11.0 Å². The molecule has 1 N–H and O–H groups in total. The van der Waals surface area contributed by atoms with Crippen molar-refractivity contribution in [3.63, 3.8) is 0 Å². The maximum absolute atomic E-state index is 11.8. The first-order chi connectivity index (χ1) is 8.74. The van der Waals surface area contributed by atoms with Gasteiger partial charge in [0.1, 0.15) is 0 Å². The highest BCUT2D eigenvalue weighted by Gasteiger charge is 2.39. The first-order valence-electron chi connectivity index (χ1n) is 6.06. The molecule has 1 aliphatic rings. The summed E-state index contributed by atoms with van der Waals surface area (Å²) in [4.78, 5) is 16.2. The first kappa shape index (κ1) is 11.4. The van der Waals surface area contributed by atoms with E-state index in [2.05, 4.69) is 17.2 Å². The predicted octanol–water partition coefficient (Wildman–Crippen LogP) is 3.40. The van der Waals surface area contributed by atoms with E-state index in [-0.39, 0.29) is 11.8 Å². The topological polar surface area (TPSA) is 42.0 Å². The molecule has 2 aromatic rings. The zero-order valence-corrected chi connectivity index (χ0v) is 10.9. The molecule has 0 aliphatic heterocycles. The number of aromatic nitrogens is 1. The van der Waals surface area contributed by atoms with Crippen molar-refractivity contribution < 1.29 is 4.79 Å². The van der Waals surface area contributed by atoms with E-state index >= 15 is 0 Å². The zero-order chi connectivity index (χ0) is 12.5. The van der Waals surface area contributed by atoms with Crippen LogP contribution < -0.4 is 5.32 Å². The lowest BCUT2D eigenvalue weighted by molar-refractivity contribution is -0.117. The highest BCUT2D eigenvalue weighted by Crippen LogP contribution is 2.38. The quantitative estimate of drug-likeness (QED) is 0.916. The summed E-state index contributed by atoms with van der Waals surface area (Å²) in [5.41, 5.74) is 1.99. The smallest absolute Gasteiger partial charge is 0.229 e. The Bertz CT molecular complexity index is 564. The Morgan fingerprint density at radius 1 is 1.39 bits per heavy atom. The van der Waals surface area contributed by atoms with E-state index in [1.54, 1.807) is 0 Å². The first-order valence-corrected chi connectivity index (χ1v) is 6.94. The summed E-state index contributed by atoms with van der Waals surface area (Å²) < 4.78 is 0. The Morgan fingerprint density at radius 2 is 2.11 bits per heavy atom. The summed E-state index contributed by atoms with van der Waals surface area (Å²) in [6.07, 6.45) is 1.00. The third-order valence-electron chi connectivity index (χ3n) is 3.25. The van der Waals surface area contributed by atoms with Gasteiger partial charge < -0.3 is 5.32 Å². The summed E-state index contributed by atoms with van der Waals surface area (Å²) in [5, 5.41) is 5.56. The number of nitrogens with one attached hydrogen (secondary N) is 1. The molecule has 0 saturated heterocycles. The molecule has 92 valence electrons. The molecule has 2 atom stereocenters. The Labute approximate surface area is 110 Å². The van der Waals surface area contributed by atoms with Gasteiger partial charge in [-0.05, 0) is 12.3 Å². The minimum atomic E-state index is 0.108. The summed E-state index contributed by atoms with van der Waals surface area (Å²) >= 11 is 1.48. The normalized spacial score (nSPS) is 21.6. The highest BCUT2D eigenvalue weighted by molar-refractivity contribution is 7.14. The van der Waals surface area contributed by atoms with Crippen LogP contribution in [0.3, 0.4) is 0 Å². The molecule has 1 saturated carbocycles. The Hall–Kier alpha value is -1.68. The lowest BCUT2D eigenvalue weighted by Gasteiger charge is -1.99. The fraction of sp³-hybridized carbons (Fsp3) is 0.286. The van der Waals surface area contributed by atoms with E-state index in [1.807, 2.05) is 35.7 Å². The van der Waals surface area contributed by atoms with Crippen molar-refractivity contribution in [2.45, 2.75) is 13.3 Å². The van der Waals surface area contributed by atoms with Crippen molar-refractivity contribution in [3.05, 3.63) is 35.7 Å². The molecule has 0 spiro atoms. The van der Waals surface area contributed by atoms with Crippen LogP contribution >= 0.6 is 11.3 Å². The number of hydrogen-bond acceptors (Lipinski definition) is 3.